The first-order valence-corrected chi connectivity index (χ1v) is 13.5. The van der Waals surface area contributed by atoms with Gasteiger partial charge >= 0.3 is 12.2 Å². The second-order valence-electron chi connectivity index (χ2n) is 10.1. The summed E-state index contributed by atoms with van der Waals surface area (Å²) in [4.78, 5) is 62.1. The van der Waals surface area contributed by atoms with Gasteiger partial charge in [0, 0.05) is 50.7 Å². The van der Waals surface area contributed by atoms with Gasteiger partial charge in [-0.15, -0.1) is 0 Å². The highest BCUT2D eigenvalue weighted by molar-refractivity contribution is 5.97. The van der Waals surface area contributed by atoms with E-state index >= 15 is 8.78 Å². The lowest BCUT2D eigenvalue weighted by Gasteiger charge is -2.37. The minimum absolute atomic E-state index is 0.0232. The number of rotatable bonds is 7. The van der Waals surface area contributed by atoms with Gasteiger partial charge in [0.2, 0.25) is 5.91 Å². The Morgan fingerprint density at radius 2 is 1.86 bits per heavy atom. The van der Waals surface area contributed by atoms with Crippen LogP contribution in [0.15, 0.2) is 30.7 Å². The Bertz CT molecular complexity index is 1550. The van der Waals surface area contributed by atoms with Crippen molar-refractivity contribution in [2.45, 2.75) is 26.0 Å². The highest BCUT2D eigenvalue weighted by Gasteiger charge is 2.35. The van der Waals surface area contributed by atoms with Gasteiger partial charge in [0.05, 0.1) is 37.8 Å². The van der Waals surface area contributed by atoms with Crippen molar-refractivity contribution in [3.8, 4) is 0 Å². The Labute approximate surface area is 244 Å². The van der Waals surface area contributed by atoms with Crippen LogP contribution in [-0.2, 0) is 14.3 Å². The summed E-state index contributed by atoms with van der Waals surface area (Å²) in [7, 11) is 1.19. The average Bonchev–Trinajstić information content (AvgIpc) is 3.53. The van der Waals surface area contributed by atoms with Crippen molar-refractivity contribution in [3.63, 3.8) is 0 Å². The van der Waals surface area contributed by atoms with E-state index in [9.17, 15) is 19.2 Å². The van der Waals surface area contributed by atoms with E-state index in [1.165, 1.54) is 29.3 Å². The number of halogens is 2. The summed E-state index contributed by atoms with van der Waals surface area (Å²) in [6.45, 7) is 3.85. The maximum Gasteiger partial charge on any atom is 0.414 e. The summed E-state index contributed by atoms with van der Waals surface area (Å²) < 4.78 is 41.6. The molecule has 2 saturated heterocycles. The van der Waals surface area contributed by atoms with E-state index in [0.29, 0.717) is 17.0 Å². The van der Waals surface area contributed by atoms with E-state index in [1.807, 2.05) is 0 Å². The molecule has 0 aliphatic carbocycles. The molecule has 43 heavy (non-hydrogen) atoms. The second kappa shape index (κ2) is 12.1. The molecule has 2 aliphatic rings. The molecule has 0 bridgehead atoms. The number of aromatic nitrogens is 3. The zero-order chi connectivity index (χ0) is 30.8. The molecule has 0 radical (unpaired) electrons. The zero-order valence-electron chi connectivity index (χ0n) is 23.7. The summed E-state index contributed by atoms with van der Waals surface area (Å²) >= 11 is 0. The highest BCUT2D eigenvalue weighted by atomic mass is 19.1. The molecule has 4 amide bonds. The lowest BCUT2D eigenvalue weighted by Crippen LogP contribution is -2.54. The standard InChI is InChI=1S/C27H30F2N8O6/c1-15-22(36-5-4-30-13-21(36)32-15)24(38)33-16(2)25(39)35-8-6-34(7-9-35)23-19(28)10-17(11-20(23)29)37-14-18(43-27(37)41)12-31-26(40)42-3/h4-5,10-11,13,16,18H,6-9,12,14H2,1-3H3,(H,31,40)(H,33,38)/t16-,18-/m0/s1. The first-order valence-electron chi connectivity index (χ1n) is 13.5. The molecule has 3 aromatic rings. The number of methoxy groups -OCH3 is 1. The Hall–Kier alpha value is -5.02. The fourth-order valence-corrected chi connectivity index (χ4v) is 5.17. The Balaban J connectivity index is 1.18. The molecule has 16 heteroatoms. The van der Waals surface area contributed by atoms with Crippen LogP contribution in [0.1, 0.15) is 23.1 Å². The monoisotopic (exact) mass is 600 g/mol. The van der Waals surface area contributed by atoms with Gasteiger partial charge in [-0.2, -0.15) is 0 Å². The fourth-order valence-electron chi connectivity index (χ4n) is 5.17. The molecule has 2 fully saturated rings. The number of benzene rings is 1. The van der Waals surface area contributed by atoms with Crippen LogP contribution < -0.4 is 20.4 Å². The summed E-state index contributed by atoms with van der Waals surface area (Å²) in [6, 6.07) is 1.23. The number of alkyl carbamates (subject to hydrolysis) is 1. The normalized spacial score (nSPS) is 17.6. The van der Waals surface area contributed by atoms with Gasteiger partial charge < -0.3 is 29.9 Å². The molecule has 1 aromatic carbocycles. The number of aryl methyl sites for hydroxylation is 1. The lowest BCUT2D eigenvalue weighted by atomic mass is 10.1. The molecular formula is C27H30F2N8O6. The third-order valence-electron chi connectivity index (χ3n) is 7.29. The van der Waals surface area contributed by atoms with Crippen LogP contribution in [0.2, 0.25) is 0 Å². The molecule has 14 nitrogen and oxygen atoms in total. The highest BCUT2D eigenvalue weighted by Crippen LogP contribution is 2.31. The third-order valence-corrected chi connectivity index (χ3v) is 7.29. The Morgan fingerprint density at radius 1 is 1.16 bits per heavy atom. The molecule has 2 aromatic heterocycles. The van der Waals surface area contributed by atoms with Crippen molar-refractivity contribution in [3.05, 3.63) is 53.7 Å². The molecule has 0 saturated carbocycles. The molecule has 228 valence electrons. The van der Waals surface area contributed by atoms with Gasteiger partial charge in [0.1, 0.15) is 23.5 Å². The zero-order valence-corrected chi connectivity index (χ0v) is 23.7. The number of ether oxygens (including phenoxy) is 2. The molecule has 5 rings (SSSR count). The summed E-state index contributed by atoms with van der Waals surface area (Å²) in [5, 5.41) is 5.13. The number of nitrogens with zero attached hydrogens (tertiary/aromatic N) is 6. The van der Waals surface area contributed by atoms with E-state index in [2.05, 4.69) is 25.3 Å². The van der Waals surface area contributed by atoms with Crippen LogP contribution in [0.25, 0.3) is 5.65 Å². The number of amides is 4. The number of carbonyl (C=O) groups excluding carboxylic acids is 4. The van der Waals surface area contributed by atoms with Crippen LogP contribution in [-0.4, -0.2) is 102 Å². The minimum Gasteiger partial charge on any atom is -0.453 e. The molecular weight excluding hydrogens is 570 g/mol. The van der Waals surface area contributed by atoms with Crippen LogP contribution >= 0.6 is 0 Å². The predicted molar refractivity (Wildman–Crippen MR) is 148 cm³/mol. The number of piperazine rings is 1. The summed E-state index contributed by atoms with van der Waals surface area (Å²) in [6.07, 6.45) is 2.44. The van der Waals surface area contributed by atoms with Crippen molar-refractivity contribution in [2.75, 3.05) is 56.2 Å². The predicted octanol–water partition coefficient (Wildman–Crippen LogP) is 1.46. The van der Waals surface area contributed by atoms with Gasteiger partial charge in [-0.1, -0.05) is 0 Å². The molecule has 4 heterocycles. The van der Waals surface area contributed by atoms with Gasteiger partial charge in [-0.05, 0) is 13.8 Å². The maximum absolute atomic E-state index is 15.2. The second-order valence-corrected chi connectivity index (χ2v) is 10.1. The van der Waals surface area contributed by atoms with Crippen molar-refractivity contribution in [2.24, 2.45) is 0 Å². The quantitative estimate of drug-likeness (QED) is 0.411. The number of nitrogens with one attached hydrogen (secondary N) is 2. The van der Waals surface area contributed by atoms with Crippen LogP contribution in [0.3, 0.4) is 0 Å². The lowest BCUT2D eigenvalue weighted by molar-refractivity contribution is -0.133. The molecule has 0 unspecified atom stereocenters. The van der Waals surface area contributed by atoms with E-state index in [1.54, 1.807) is 24.4 Å². The first-order chi connectivity index (χ1) is 20.6. The van der Waals surface area contributed by atoms with Gasteiger partial charge in [-0.25, -0.2) is 23.4 Å². The number of fused-ring (bicyclic) bond motifs is 1. The van der Waals surface area contributed by atoms with E-state index in [0.717, 1.165) is 17.0 Å². The first kappa shape index (κ1) is 29.5. The Morgan fingerprint density at radius 3 is 2.53 bits per heavy atom. The van der Waals surface area contributed by atoms with Gasteiger partial charge in [0.15, 0.2) is 17.3 Å². The van der Waals surface area contributed by atoms with Gasteiger partial charge in [-0.3, -0.25) is 23.9 Å². The molecule has 2 atom stereocenters. The molecule has 2 N–H and O–H groups in total. The van der Waals surface area contributed by atoms with Gasteiger partial charge in [0.25, 0.3) is 5.91 Å². The van der Waals surface area contributed by atoms with Crippen LogP contribution in [0, 0.1) is 18.6 Å². The average molecular weight is 601 g/mol. The van der Waals surface area contributed by atoms with Crippen molar-refractivity contribution < 1.29 is 37.4 Å². The number of anilines is 2. The van der Waals surface area contributed by atoms with E-state index < -0.39 is 41.9 Å². The van der Waals surface area contributed by atoms with Crippen molar-refractivity contribution >= 4 is 41.0 Å². The van der Waals surface area contributed by atoms with E-state index in [-0.39, 0.29) is 56.6 Å². The van der Waals surface area contributed by atoms with Crippen LogP contribution in [0.4, 0.5) is 29.7 Å². The van der Waals surface area contributed by atoms with Crippen molar-refractivity contribution in [1.29, 1.82) is 0 Å². The smallest absolute Gasteiger partial charge is 0.414 e. The number of cyclic esters (lactones) is 1. The Kier molecular flexibility index (Phi) is 8.27. The topological polar surface area (TPSA) is 151 Å². The minimum atomic E-state index is -0.877. The van der Waals surface area contributed by atoms with Crippen LogP contribution in [0.5, 0.6) is 0 Å². The SMILES string of the molecule is COC(=O)NC[C@H]1CN(c2cc(F)c(N3CCN(C(=O)[C@H](C)NC(=O)c4c(C)nc5cnccn45)CC3)c(F)c2)C(=O)O1. The fraction of sp³-hybridized carbons (Fsp3) is 0.407. The number of hydrogen-bond donors (Lipinski definition) is 2. The molecule has 2 aliphatic heterocycles. The maximum atomic E-state index is 15.2. The molecule has 0 spiro atoms. The largest absolute Gasteiger partial charge is 0.453 e. The number of imidazole rings is 1. The number of hydrogen-bond acceptors (Lipinski definition) is 9. The third kappa shape index (κ3) is 5.98. The number of carbonyl (C=O) groups is 4. The summed E-state index contributed by atoms with van der Waals surface area (Å²) in [5.41, 5.74) is 0.995. The van der Waals surface area contributed by atoms with Crippen molar-refractivity contribution in [1.82, 2.24) is 29.9 Å². The van der Waals surface area contributed by atoms with E-state index in [4.69, 9.17) is 4.74 Å². The summed E-state index contributed by atoms with van der Waals surface area (Å²) in [5.74, 6) is -2.55.